The van der Waals surface area contributed by atoms with Crippen LogP contribution >= 0.6 is 23.5 Å². The highest BCUT2D eigenvalue weighted by Gasteiger charge is 2.10. The van der Waals surface area contributed by atoms with E-state index in [0.717, 1.165) is 21.2 Å². The van der Waals surface area contributed by atoms with E-state index in [1.165, 1.54) is 11.8 Å². The molecule has 0 spiro atoms. The van der Waals surface area contributed by atoms with Crippen LogP contribution in [0.25, 0.3) is 0 Å². The normalized spacial score (nSPS) is 10.5. The Morgan fingerprint density at radius 2 is 1.81 bits per heavy atom. The number of carbonyl (C=O) groups excluding carboxylic acids is 1. The minimum Gasteiger partial charge on any atom is -0.384 e. The van der Waals surface area contributed by atoms with Crippen molar-refractivity contribution >= 4 is 40.9 Å². The largest absolute Gasteiger partial charge is 0.384 e. The van der Waals surface area contributed by atoms with Crippen molar-refractivity contribution < 1.29 is 4.79 Å². The fourth-order valence-electron chi connectivity index (χ4n) is 2.22. The van der Waals surface area contributed by atoms with Crippen LogP contribution in [-0.4, -0.2) is 21.6 Å². The topological polar surface area (TPSA) is 80.9 Å². The van der Waals surface area contributed by atoms with Crippen molar-refractivity contribution in [2.75, 3.05) is 16.8 Å². The van der Waals surface area contributed by atoms with Gasteiger partial charge in [0.15, 0.2) is 5.16 Å². The van der Waals surface area contributed by atoms with Crippen LogP contribution in [0.15, 0.2) is 75.6 Å². The number of nitrogens with zero attached hydrogens (tertiary/aromatic N) is 2. The Labute approximate surface area is 160 Å². The van der Waals surface area contributed by atoms with Crippen LogP contribution < -0.4 is 11.1 Å². The van der Waals surface area contributed by atoms with Crippen molar-refractivity contribution in [1.82, 2.24) is 9.97 Å². The second-order valence-electron chi connectivity index (χ2n) is 5.46. The number of hydrogen-bond acceptors (Lipinski definition) is 6. The van der Waals surface area contributed by atoms with Crippen LogP contribution in [0.2, 0.25) is 0 Å². The lowest BCUT2D eigenvalue weighted by atomic mass is 10.3. The van der Waals surface area contributed by atoms with E-state index >= 15 is 0 Å². The Bertz CT molecular complexity index is 883. The molecule has 0 aliphatic heterocycles. The monoisotopic (exact) mass is 382 g/mol. The third kappa shape index (κ3) is 5.24. The Kier molecular flexibility index (Phi) is 6.14. The van der Waals surface area contributed by atoms with Crippen LogP contribution in [0.1, 0.15) is 5.69 Å². The van der Waals surface area contributed by atoms with Crippen LogP contribution in [-0.2, 0) is 4.79 Å². The van der Waals surface area contributed by atoms with Crippen molar-refractivity contribution in [2.45, 2.75) is 21.9 Å². The van der Waals surface area contributed by atoms with Gasteiger partial charge in [0.25, 0.3) is 0 Å². The molecule has 1 heterocycles. The van der Waals surface area contributed by atoms with E-state index in [9.17, 15) is 4.79 Å². The molecule has 0 aliphatic rings. The third-order valence-electron chi connectivity index (χ3n) is 3.32. The number of nitrogens with one attached hydrogen (secondary N) is 1. The first kappa shape index (κ1) is 18.3. The van der Waals surface area contributed by atoms with Crippen LogP contribution in [0.5, 0.6) is 0 Å². The summed E-state index contributed by atoms with van der Waals surface area (Å²) in [6.45, 7) is 1.85. The molecule has 0 radical (unpaired) electrons. The Balaban J connectivity index is 1.64. The van der Waals surface area contributed by atoms with E-state index in [4.69, 9.17) is 5.73 Å². The highest BCUT2D eigenvalue weighted by Crippen LogP contribution is 2.33. The zero-order valence-electron chi connectivity index (χ0n) is 14.2. The van der Waals surface area contributed by atoms with Gasteiger partial charge >= 0.3 is 0 Å². The molecule has 3 rings (SSSR count). The predicted octanol–water partition coefficient (Wildman–Crippen LogP) is 4.25. The first-order chi connectivity index (χ1) is 12.6. The first-order valence-corrected chi connectivity index (χ1v) is 9.76. The highest BCUT2D eigenvalue weighted by atomic mass is 32.2. The van der Waals surface area contributed by atoms with Crippen molar-refractivity contribution in [3.8, 4) is 0 Å². The number of benzene rings is 2. The van der Waals surface area contributed by atoms with Crippen molar-refractivity contribution in [1.29, 1.82) is 0 Å². The summed E-state index contributed by atoms with van der Waals surface area (Å²) >= 11 is 2.88. The van der Waals surface area contributed by atoms with Gasteiger partial charge in [-0.2, -0.15) is 0 Å². The SMILES string of the molecule is Cc1cc(N)nc(SCC(=O)Nc2ccccc2Sc2ccccc2)n1. The second kappa shape index (κ2) is 8.73. The molecule has 0 saturated heterocycles. The number of nitrogen functional groups attached to an aromatic ring is 1. The van der Waals surface area contributed by atoms with Gasteiger partial charge in [0, 0.05) is 21.6 Å². The number of para-hydroxylation sites is 1. The van der Waals surface area contributed by atoms with Crippen molar-refractivity contribution in [2.24, 2.45) is 0 Å². The Morgan fingerprint density at radius 1 is 1.08 bits per heavy atom. The molecule has 1 amide bonds. The van der Waals surface area contributed by atoms with E-state index < -0.39 is 0 Å². The van der Waals surface area contributed by atoms with Gasteiger partial charge in [-0.05, 0) is 31.2 Å². The van der Waals surface area contributed by atoms with E-state index in [2.05, 4.69) is 15.3 Å². The summed E-state index contributed by atoms with van der Waals surface area (Å²) in [5, 5.41) is 3.47. The Hall–Kier alpha value is -2.51. The zero-order chi connectivity index (χ0) is 18.4. The highest BCUT2D eigenvalue weighted by molar-refractivity contribution is 8.00. The summed E-state index contributed by atoms with van der Waals surface area (Å²) in [6, 6.07) is 19.5. The molecule has 3 N–H and O–H groups in total. The molecule has 7 heteroatoms. The maximum absolute atomic E-state index is 12.3. The molecule has 0 atom stereocenters. The molecule has 5 nitrogen and oxygen atoms in total. The van der Waals surface area contributed by atoms with Gasteiger partial charge < -0.3 is 11.1 Å². The number of aryl methyl sites for hydroxylation is 1. The first-order valence-electron chi connectivity index (χ1n) is 7.96. The maximum Gasteiger partial charge on any atom is 0.234 e. The number of amides is 1. The maximum atomic E-state index is 12.3. The van der Waals surface area contributed by atoms with Gasteiger partial charge in [0.05, 0.1) is 11.4 Å². The average molecular weight is 383 g/mol. The molecule has 0 aliphatic carbocycles. The summed E-state index contributed by atoms with van der Waals surface area (Å²) in [6.07, 6.45) is 0. The van der Waals surface area contributed by atoms with E-state index in [0.29, 0.717) is 11.0 Å². The average Bonchev–Trinajstić information content (AvgIpc) is 2.62. The lowest BCUT2D eigenvalue weighted by Crippen LogP contribution is -2.15. The van der Waals surface area contributed by atoms with Gasteiger partial charge in [-0.15, -0.1) is 0 Å². The number of rotatable bonds is 6. The molecule has 3 aromatic rings. The van der Waals surface area contributed by atoms with Gasteiger partial charge in [-0.25, -0.2) is 9.97 Å². The number of hydrogen-bond donors (Lipinski definition) is 2. The molecule has 0 unspecified atom stereocenters. The minimum absolute atomic E-state index is 0.111. The van der Waals surface area contributed by atoms with Crippen LogP contribution in [0.4, 0.5) is 11.5 Å². The number of anilines is 2. The summed E-state index contributed by atoms with van der Waals surface area (Å²) in [5.41, 5.74) is 7.29. The zero-order valence-corrected chi connectivity index (χ0v) is 15.8. The summed E-state index contributed by atoms with van der Waals surface area (Å²) < 4.78 is 0. The third-order valence-corrected chi connectivity index (χ3v) is 5.25. The number of aromatic nitrogens is 2. The molecular formula is C19H18N4OS2. The molecule has 0 saturated carbocycles. The van der Waals surface area contributed by atoms with Crippen molar-refractivity contribution in [3.05, 3.63) is 66.4 Å². The molecule has 26 heavy (non-hydrogen) atoms. The van der Waals surface area contributed by atoms with E-state index in [1.54, 1.807) is 17.8 Å². The summed E-state index contributed by atoms with van der Waals surface area (Å²) in [5.74, 6) is 0.512. The standard InChI is InChI=1S/C19H18N4OS2/c1-13-11-17(20)23-19(21-13)25-12-18(24)22-15-9-5-6-10-16(15)26-14-7-3-2-4-8-14/h2-11H,12H2,1H3,(H,22,24)(H2,20,21,23). The van der Waals surface area contributed by atoms with Crippen molar-refractivity contribution in [3.63, 3.8) is 0 Å². The smallest absolute Gasteiger partial charge is 0.234 e. The number of carbonyl (C=O) groups is 1. The van der Waals surface area contributed by atoms with Gasteiger partial charge in [0.2, 0.25) is 5.91 Å². The predicted molar refractivity (Wildman–Crippen MR) is 108 cm³/mol. The molecule has 0 fully saturated rings. The molecule has 0 bridgehead atoms. The Morgan fingerprint density at radius 3 is 2.58 bits per heavy atom. The van der Waals surface area contributed by atoms with Gasteiger partial charge in [-0.1, -0.05) is 53.9 Å². The van der Waals surface area contributed by atoms with Gasteiger partial charge in [-0.3, -0.25) is 4.79 Å². The fourth-order valence-corrected chi connectivity index (χ4v) is 3.85. The molecule has 1 aromatic heterocycles. The quantitative estimate of drug-likeness (QED) is 0.490. The summed E-state index contributed by atoms with van der Waals surface area (Å²) in [4.78, 5) is 22.8. The van der Waals surface area contributed by atoms with E-state index in [-0.39, 0.29) is 11.7 Å². The lowest BCUT2D eigenvalue weighted by Gasteiger charge is -2.10. The second-order valence-corrected chi connectivity index (χ2v) is 7.52. The van der Waals surface area contributed by atoms with Gasteiger partial charge in [0.1, 0.15) is 5.82 Å². The fraction of sp³-hybridized carbons (Fsp3) is 0.105. The summed E-state index contributed by atoms with van der Waals surface area (Å²) in [7, 11) is 0. The molecular weight excluding hydrogens is 364 g/mol. The van der Waals surface area contributed by atoms with E-state index in [1.807, 2.05) is 61.5 Å². The minimum atomic E-state index is -0.111. The number of thioether (sulfide) groups is 1. The molecule has 2 aromatic carbocycles. The lowest BCUT2D eigenvalue weighted by molar-refractivity contribution is -0.113. The van der Waals surface area contributed by atoms with Crippen LogP contribution in [0, 0.1) is 6.92 Å². The van der Waals surface area contributed by atoms with Crippen LogP contribution in [0.3, 0.4) is 0 Å². The molecule has 132 valence electrons. The number of nitrogens with two attached hydrogens (primary N) is 1.